The summed E-state index contributed by atoms with van der Waals surface area (Å²) in [6, 6.07) is 9.93. The minimum atomic E-state index is -1.33. The normalized spacial score (nSPS) is 17.9. The van der Waals surface area contributed by atoms with Gasteiger partial charge in [0, 0.05) is 28.8 Å². The molecule has 4 rings (SSSR count). The van der Waals surface area contributed by atoms with E-state index >= 15 is 0 Å². The van der Waals surface area contributed by atoms with E-state index in [-0.39, 0.29) is 11.5 Å². The molecule has 0 amide bonds. The standard InChI is InChI=1S/C31H32O7/c1-9-11-20-21(10-2)31(38-26(20)32)22-14-12-18(35-27(33)29(3,4)5)16-24(22)37-25-17-19(13-15-23(25)31)36-28(34)30(6,7)8/h9-17H,1H2,2-8H3/b20-11+,21-10+. The van der Waals surface area contributed by atoms with Crippen molar-refractivity contribution >= 4 is 17.9 Å². The predicted octanol–water partition coefficient (Wildman–Crippen LogP) is 6.55. The summed E-state index contributed by atoms with van der Waals surface area (Å²) in [5, 5.41) is 0. The first-order valence-electron chi connectivity index (χ1n) is 12.4. The molecule has 7 nitrogen and oxygen atoms in total. The zero-order chi connectivity index (χ0) is 28.0. The Bertz CT molecular complexity index is 1330. The molecule has 0 unspecified atom stereocenters. The van der Waals surface area contributed by atoms with Gasteiger partial charge in [-0.1, -0.05) is 18.7 Å². The first-order chi connectivity index (χ1) is 17.7. The van der Waals surface area contributed by atoms with Gasteiger partial charge < -0.3 is 18.9 Å². The van der Waals surface area contributed by atoms with Gasteiger partial charge in [0.15, 0.2) is 5.60 Å². The van der Waals surface area contributed by atoms with Crippen LogP contribution in [0.1, 0.15) is 59.6 Å². The van der Waals surface area contributed by atoms with Crippen LogP contribution in [0.25, 0.3) is 0 Å². The molecule has 0 aromatic heterocycles. The maximum atomic E-state index is 13.1. The van der Waals surface area contributed by atoms with Crippen LogP contribution in [-0.4, -0.2) is 17.9 Å². The van der Waals surface area contributed by atoms with Gasteiger partial charge in [0.25, 0.3) is 0 Å². The number of carbonyl (C=O) groups excluding carboxylic acids is 3. The van der Waals surface area contributed by atoms with Gasteiger partial charge in [-0.15, -0.1) is 0 Å². The number of benzene rings is 2. The highest BCUT2D eigenvalue weighted by Crippen LogP contribution is 2.58. The van der Waals surface area contributed by atoms with Gasteiger partial charge in [-0.3, -0.25) is 9.59 Å². The minimum Gasteiger partial charge on any atom is -0.456 e. The molecule has 1 fully saturated rings. The number of fused-ring (bicyclic) bond motifs is 4. The van der Waals surface area contributed by atoms with E-state index in [9.17, 15) is 14.4 Å². The average Bonchev–Trinajstić information content (AvgIpc) is 3.09. The second-order valence-corrected chi connectivity index (χ2v) is 11.3. The van der Waals surface area contributed by atoms with E-state index in [0.717, 1.165) is 0 Å². The summed E-state index contributed by atoms with van der Waals surface area (Å²) in [6.45, 7) is 16.1. The van der Waals surface area contributed by atoms with Crippen LogP contribution in [0.2, 0.25) is 0 Å². The Balaban J connectivity index is 1.90. The van der Waals surface area contributed by atoms with E-state index in [2.05, 4.69) is 6.58 Å². The summed E-state index contributed by atoms with van der Waals surface area (Å²) in [6.07, 6.45) is 4.96. The zero-order valence-electron chi connectivity index (χ0n) is 22.8. The topological polar surface area (TPSA) is 88.1 Å². The highest BCUT2D eigenvalue weighted by Gasteiger charge is 2.55. The van der Waals surface area contributed by atoms with Crippen molar-refractivity contribution in [2.24, 2.45) is 10.8 Å². The lowest BCUT2D eigenvalue weighted by molar-refractivity contribution is -0.144. The average molecular weight is 517 g/mol. The summed E-state index contributed by atoms with van der Waals surface area (Å²) < 4.78 is 23.6. The molecule has 7 heteroatoms. The summed E-state index contributed by atoms with van der Waals surface area (Å²) in [5.74, 6) is -0.0827. The molecule has 2 aliphatic heterocycles. The molecule has 0 N–H and O–H groups in total. The summed E-state index contributed by atoms with van der Waals surface area (Å²) in [5.41, 5.74) is -0.634. The highest BCUT2D eigenvalue weighted by molar-refractivity contribution is 6.00. The number of ether oxygens (including phenoxy) is 4. The highest BCUT2D eigenvalue weighted by atomic mass is 16.6. The molecule has 0 atom stereocenters. The Morgan fingerprint density at radius 3 is 1.74 bits per heavy atom. The maximum absolute atomic E-state index is 13.1. The van der Waals surface area contributed by atoms with Gasteiger partial charge in [0.1, 0.15) is 23.0 Å². The van der Waals surface area contributed by atoms with Crippen molar-refractivity contribution in [2.45, 2.75) is 54.1 Å². The lowest BCUT2D eigenvalue weighted by Gasteiger charge is -2.37. The van der Waals surface area contributed by atoms with Crippen LogP contribution in [-0.2, 0) is 24.7 Å². The van der Waals surface area contributed by atoms with Crippen LogP contribution in [0.5, 0.6) is 23.0 Å². The number of hydrogen-bond donors (Lipinski definition) is 0. The minimum absolute atomic E-state index is 0.283. The van der Waals surface area contributed by atoms with Crippen LogP contribution in [0.4, 0.5) is 0 Å². The fourth-order valence-corrected chi connectivity index (χ4v) is 4.25. The third-order valence-corrected chi connectivity index (χ3v) is 6.24. The van der Waals surface area contributed by atoms with Crippen LogP contribution in [0.15, 0.2) is 72.4 Å². The molecule has 0 aliphatic carbocycles. The lowest BCUT2D eigenvalue weighted by Crippen LogP contribution is -2.33. The maximum Gasteiger partial charge on any atom is 0.340 e. The molecular weight excluding hydrogens is 484 g/mol. The lowest BCUT2D eigenvalue weighted by atomic mass is 9.76. The second-order valence-electron chi connectivity index (χ2n) is 11.3. The quantitative estimate of drug-likeness (QED) is 0.259. The van der Waals surface area contributed by atoms with Gasteiger partial charge in [-0.05, 0) is 78.8 Å². The Kier molecular flexibility index (Phi) is 6.60. The summed E-state index contributed by atoms with van der Waals surface area (Å²) in [7, 11) is 0. The third kappa shape index (κ3) is 4.53. The van der Waals surface area contributed by atoms with Crippen LogP contribution < -0.4 is 14.2 Å². The molecule has 38 heavy (non-hydrogen) atoms. The molecule has 2 heterocycles. The summed E-state index contributed by atoms with van der Waals surface area (Å²) >= 11 is 0. The van der Waals surface area contributed by atoms with E-state index in [0.29, 0.717) is 33.8 Å². The molecule has 198 valence electrons. The number of esters is 3. The van der Waals surface area contributed by atoms with Gasteiger partial charge in [-0.2, -0.15) is 0 Å². The van der Waals surface area contributed by atoms with Gasteiger partial charge in [-0.25, -0.2) is 4.79 Å². The molecule has 2 aromatic rings. The monoisotopic (exact) mass is 516 g/mol. The number of hydrogen-bond acceptors (Lipinski definition) is 7. The Hall–Kier alpha value is -4.13. The number of allylic oxidation sites excluding steroid dienone is 3. The van der Waals surface area contributed by atoms with E-state index in [4.69, 9.17) is 18.9 Å². The molecule has 2 aromatic carbocycles. The fraction of sp³-hybridized carbons (Fsp3) is 0.323. The Labute approximate surface area is 222 Å². The molecule has 0 bridgehead atoms. The van der Waals surface area contributed by atoms with Crippen molar-refractivity contribution < 1.29 is 33.3 Å². The third-order valence-electron chi connectivity index (χ3n) is 6.24. The fourth-order valence-electron chi connectivity index (χ4n) is 4.25. The van der Waals surface area contributed by atoms with E-state index in [1.807, 2.05) is 13.0 Å². The molecule has 2 aliphatic rings. The van der Waals surface area contributed by atoms with E-state index in [1.165, 1.54) is 6.08 Å². The molecule has 1 saturated heterocycles. The number of rotatable bonds is 3. The van der Waals surface area contributed by atoms with Crippen molar-refractivity contribution in [1.29, 1.82) is 0 Å². The van der Waals surface area contributed by atoms with Crippen LogP contribution in [0, 0.1) is 10.8 Å². The first kappa shape index (κ1) is 26.9. The predicted molar refractivity (Wildman–Crippen MR) is 142 cm³/mol. The van der Waals surface area contributed by atoms with Crippen LogP contribution >= 0.6 is 0 Å². The number of carbonyl (C=O) groups is 3. The Morgan fingerprint density at radius 1 is 0.868 bits per heavy atom. The van der Waals surface area contributed by atoms with Crippen molar-refractivity contribution in [2.75, 3.05) is 0 Å². The largest absolute Gasteiger partial charge is 0.456 e. The molecule has 0 saturated carbocycles. The molecule has 1 spiro atoms. The zero-order valence-corrected chi connectivity index (χ0v) is 22.8. The van der Waals surface area contributed by atoms with Gasteiger partial charge in [0.2, 0.25) is 0 Å². The van der Waals surface area contributed by atoms with E-state index in [1.54, 1.807) is 84.0 Å². The smallest absolute Gasteiger partial charge is 0.340 e. The summed E-state index contributed by atoms with van der Waals surface area (Å²) in [4.78, 5) is 38.2. The Morgan fingerprint density at radius 2 is 1.34 bits per heavy atom. The SMILES string of the molecule is C=C/C=C1/C(=O)OC2(/C1=C/C)c1ccc(OC(=O)C(C)(C)C)cc1Oc1cc(OC(=O)C(C)(C)C)ccc12. The molecular formula is C31H32O7. The second kappa shape index (κ2) is 9.31. The first-order valence-corrected chi connectivity index (χ1v) is 12.4. The van der Waals surface area contributed by atoms with Crippen LogP contribution in [0.3, 0.4) is 0 Å². The van der Waals surface area contributed by atoms with Gasteiger partial charge in [0.05, 0.1) is 16.4 Å². The van der Waals surface area contributed by atoms with Gasteiger partial charge >= 0.3 is 17.9 Å². The molecule has 0 radical (unpaired) electrons. The van der Waals surface area contributed by atoms with Crippen molar-refractivity contribution in [3.05, 3.63) is 83.5 Å². The van der Waals surface area contributed by atoms with Crippen molar-refractivity contribution in [3.63, 3.8) is 0 Å². The van der Waals surface area contributed by atoms with E-state index < -0.39 is 34.3 Å². The van der Waals surface area contributed by atoms with Crippen molar-refractivity contribution in [3.8, 4) is 23.0 Å². The van der Waals surface area contributed by atoms with Crippen molar-refractivity contribution in [1.82, 2.24) is 0 Å².